The van der Waals surface area contributed by atoms with Gasteiger partial charge in [-0.2, -0.15) is 5.26 Å². The van der Waals surface area contributed by atoms with Gasteiger partial charge < -0.3 is 9.84 Å². The fourth-order valence-electron chi connectivity index (χ4n) is 1.50. The summed E-state index contributed by atoms with van der Waals surface area (Å²) < 4.78 is 5.26. The Morgan fingerprint density at radius 3 is 3.00 bits per heavy atom. The lowest BCUT2D eigenvalue weighted by molar-refractivity contribution is 0.0461. The van der Waals surface area contributed by atoms with Crippen molar-refractivity contribution in [2.24, 2.45) is 5.92 Å². The molecule has 0 saturated carbocycles. The summed E-state index contributed by atoms with van der Waals surface area (Å²) in [4.78, 5) is 0. The normalized spacial score (nSPS) is 33.2. The van der Waals surface area contributed by atoms with Crippen molar-refractivity contribution in [3.8, 4) is 6.07 Å². The molecule has 0 aromatic carbocycles. The van der Waals surface area contributed by atoms with E-state index in [1.165, 1.54) is 0 Å². The number of hydrogen-bond donors (Lipinski definition) is 1. The van der Waals surface area contributed by atoms with Gasteiger partial charge in [0.15, 0.2) is 0 Å². The zero-order valence-electron chi connectivity index (χ0n) is 6.66. The summed E-state index contributed by atoms with van der Waals surface area (Å²) in [6.45, 7) is 2.66. The molecule has 3 unspecified atom stereocenters. The Kier molecular flexibility index (Phi) is 2.86. The average Bonchev–Trinajstić information content (AvgIpc) is 2.36. The molecule has 3 nitrogen and oxygen atoms in total. The maximum absolute atomic E-state index is 9.42. The van der Waals surface area contributed by atoms with Gasteiger partial charge in [0, 0.05) is 12.5 Å². The molecule has 11 heavy (non-hydrogen) atoms. The van der Waals surface area contributed by atoms with Crippen molar-refractivity contribution in [3.05, 3.63) is 0 Å². The smallest absolute Gasteiger partial charge is 0.0723 e. The van der Waals surface area contributed by atoms with Gasteiger partial charge in [0.1, 0.15) is 0 Å². The van der Waals surface area contributed by atoms with Gasteiger partial charge in [-0.3, -0.25) is 0 Å². The van der Waals surface area contributed by atoms with Crippen LogP contribution in [0, 0.1) is 17.2 Å². The first-order chi connectivity index (χ1) is 5.25. The molecular formula is C8H13NO2. The largest absolute Gasteiger partial charge is 0.392 e. The summed E-state index contributed by atoms with van der Waals surface area (Å²) in [5.41, 5.74) is 0. The van der Waals surface area contributed by atoms with E-state index in [1.807, 2.05) is 13.0 Å². The van der Waals surface area contributed by atoms with Crippen LogP contribution < -0.4 is 0 Å². The zero-order chi connectivity index (χ0) is 8.27. The van der Waals surface area contributed by atoms with Gasteiger partial charge in [-0.05, 0) is 13.3 Å². The van der Waals surface area contributed by atoms with Crippen LogP contribution in [-0.4, -0.2) is 23.9 Å². The highest BCUT2D eigenvalue weighted by molar-refractivity contribution is 4.85. The van der Waals surface area contributed by atoms with Crippen LogP contribution in [0.4, 0.5) is 0 Å². The van der Waals surface area contributed by atoms with Crippen molar-refractivity contribution in [1.29, 1.82) is 5.26 Å². The molecule has 1 heterocycles. The predicted octanol–water partition coefficient (Wildman–Crippen LogP) is 0.686. The number of ether oxygens (including phenoxy) is 1. The Balaban J connectivity index is 2.40. The van der Waals surface area contributed by atoms with Crippen LogP contribution in [0.25, 0.3) is 0 Å². The van der Waals surface area contributed by atoms with Crippen molar-refractivity contribution >= 4 is 0 Å². The average molecular weight is 155 g/mol. The molecule has 0 aromatic heterocycles. The monoisotopic (exact) mass is 155 g/mol. The molecule has 0 radical (unpaired) electrons. The van der Waals surface area contributed by atoms with Gasteiger partial charge in [-0.15, -0.1) is 0 Å². The predicted molar refractivity (Wildman–Crippen MR) is 39.8 cm³/mol. The summed E-state index contributed by atoms with van der Waals surface area (Å²) in [5, 5.41) is 17.7. The van der Waals surface area contributed by atoms with Gasteiger partial charge >= 0.3 is 0 Å². The van der Waals surface area contributed by atoms with E-state index < -0.39 is 6.10 Å². The molecule has 0 spiro atoms. The molecule has 3 heteroatoms. The minimum atomic E-state index is -0.502. The van der Waals surface area contributed by atoms with E-state index in [9.17, 15) is 5.11 Å². The zero-order valence-corrected chi connectivity index (χ0v) is 6.66. The molecule has 0 aliphatic carbocycles. The minimum absolute atomic E-state index is 0.110. The van der Waals surface area contributed by atoms with Crippen molar-refractivity contribution in [2.75, 3.05) is 6.61 Å². The van der Waals surface area contributed by atoms with Crippen molar-refractivity contribution in [3.63, 3.8) is 0 Å². The standard InChI is InChI=1S/C8H13NO2/c1-6-7(3-5-11-6)8(10)2-4-9/h6-8,10H,2-3,5H2,1H3. The Morgan fingerprint density at radius 2 is 2.55 bits per heavy atom. The van der Waals surface area contributed by atoms with Gasteiger partial charge in [0.05, 0.1) is 24.7 Å². The number of nitrogens with zero attached hydrogens (tertiary/aromatic N) is 1. The minimum Gasteiger partial charge on any atom is -0.392 e. The van der Waals surface area contributed by atoms with Gasteiger partial charge in [0.2, 0.25) is 0 Å². The molecule has 1 aliphatic rings. The van der Waals surface area contributed by atoms with Crippen LogP contribution in [-0.2, 0) is 4.74 Å². The molecule has 62 valence electrons. The third-order valence-electron chi connectivity index (χ3n) is 2.23. The second kappa shape index (κ2) is 3.70. The van der Waals surface area contributed by atoms with E-state index in [-0.39, 0.29) is 18.4 Å². The highest BCUT2D eigenvalue weighted by Crippen LogP contribution is 2.24. The van der Waals surface area contributed by atoms with Gasteiger partial charge in [-0.25, -0.2) is 0 Å². The number of rotatable bonds is 2. The number of aliphatic hydroxyl groups is 1. The lowest BCUT2D eigenvalue weighted by atomic mass is 9.94. The molecular weight excluding hydrogens is 142 g/mol. The molecule has 0 amide bonds. The molecule has 0 bridgehead atoms. The topological polar surface area (TPSA) is 53.2 Å². The molecule has 0 aromatic rings. The van der Waals surface area contributed by atoms with E-state index in [4.69, 9.17) is 10.00 Å². The van der Waals surface area contributed by atoms with Crippen LogP contribution in [0.5, 0.6) is 0 Å². The highest BCUT2D eigenvalue weighted by atomic mass is 16.5. The molecule has 3 atom stereocenters. The Morgan fingerprint density at radius 1 is 1.82 bits per heavy atom. The highest BCUT2D eigenvalue weighted by Gasteiger charge is 2.30. The van der Waals surface area contributed by atoms with Crippen LogP contribution in [0.1, 0.15) is 19.8 Å². The summed E-state index contributed by atoms with van der Waals surface area (Å²) in [6.07, 6.45) is 0.707. The first-order valence-electron chi connectivity index (χ1n) is 3.92. The van der Waals surface area contributed by atoms with Crippen molar-refractivity contribution in [2.45, 2.75) is 32.0 Å². The summed E-state index contributed by atoms with van der Waals surface area (Å²) in [5.74, 6) is 0.162. The van der Waals surface area contributed by atoms with E-state index in [2.05, 4.69) is 0 Å². The maximum Gasteiger partial charge on any atom is 0.0723 e. The lowest BCUT2D eigenvalue weighted by Crippen LogP contribution is -2.25. The molecule has 1 saturated heterocycles. The first-order valence-corrected chi connectivity index (χ1v) is 3.92. The summed E-state index contributed by atoms with van der Waals surface area (Å²) in [7, 11) is 0. The van der Waals surface area contributed by atoms with Gasteiger partial charge in [0.25, 0.3) is 0 Å². The third-order valence-corrected chi connectivity index (χ3v) is 2.23. The number of nitriles is 1. The maximum atomic E-state index is 9.42. The molecule has 1 N–H and O–H groups in total. The molecule has 1 fully saturated rings. The van der Waals surface area contributed by atoms with Gasteiger partial charge in [-0.1, -0.05) is 0 Å². The van der Waals surface area contributed by atoms with Crippen molar-refractivity contribution in [1.82, 2.24) is 0 Å². The quantitative estimate of drug-likeness (QED) is 0.638. The number of aliphatic hydroxyl groups excluding tert-OH is 1. The number of hydrogen-bond acceptors (Lipinski definition) is 3. The molecule has 1 rings (SSSR count). The third kappa shape index (κ3) is 1.92. The molecule has 1 aliphatic heterocycles. The fourth-order valence-corrected chi connectivity index (χ4v) is 1.50. The fraction of sp³-hybridized carbons (Fsp3) is 0.875. The second-order valence-corrected chi connectivity index (χ2v) is 2.96. The summed E-state index contributed by atoms with van der Waals surface area (Å²) in [6, 6.07) is 1.96. The van der Waals surface area contributed by atoms with Crippen LogP contribution in [0.2, 0.25) is 0 Å². The van der Waals surface area contributed by atoms with E-state index in [1.54, 1.807) is 0 Å². The summed E-state index contributed by atoms with van der Waals surface area (Å²) >= 11 is 0. The van der Waals surface area contributed by atoms with E-state index in [0.717, 1.165) is 6.42 Å². The van der Waals surface area contributed by atoms with Crippen LogP contribution >= 0.6 is 0 Å². The Labute approximate surface area is 66.6 Å². The SMILES string of the molecule is CC1OCCC1C(O)CC#N. The van der Waals surface area contributed by atoms with Crippen LogP contribution in [0.3, 0.4) is 0 Å². The second-order valence-electron chi connectivity index (χ2n) is 2.96. The first kappa shape index (κ1) is 8.51. The van der Waals surface area contributed by atoms with E-state index >= 15 is 0 Å². The van der Waals surface area contributed by atoms with Crippen molar-refractivity contribution < 1.29 is 9.84 Å². The Hall–Kier alpha value is -0.590. The lowest BCUT2D eigenvalue weighted by Gasteiger charge is -2.17. The van der Waals surface area contributed by atoms with E-state index in [0.29, 0.717) is 6.61 Å². The van der Waals surface area contributed by atoms with Crippen LogP contribution in [0.15, 0.2) is 0 Å². The Bertz CT molecular complexity index is 164.